The molecular weight excluding hydrogens is 543 g/mol. The van der Waals surface area contributed by atoms with Gasteiger partial charge in [0.15, 0.2) is 5.65 Å². The van der Waals surface area contributed by atoms with Crippen LogP contribution in [0.2, 0.25) is 5.02 Å². The van der Waals surface area contributed by atoms with Crippen LogP contribution in [0.15, 0.2) is 60.0 Å². The Kier molecular flexibility index (Phi) is 6.65. The second-order valence-electron chi connectivity index (χ2n) is 11.1. The SMILES string of the molecule is C=CC(=O)N1C(C)CN(c2nc(=O)n(-c3c(C)ccnc3C(C)C)c3nc(-c4ccccc4F)c(Cl)cc23)C2CC21. The Balaban J connectivity index is 1.63. The van der Waals surface area contributed by atoms with Crippen molar-refractivity contribution in [3.63, 3.8) is 0 Å². The summed E-state index contributed by atoms with van der Waals surface area (Å²) in [6, 6.07) is 9.70. The molecule has 8 nitrogen and oxygen atoms in total. The third kappa shape index (κ3) is 4.39. The number of benzene rings is 1. The maximum absolute atomic E-state index is 15.0. The third-order valence-corrected chi connectivity index (χ3v) is 8.26. The summed E-state index contributed by atoms with van der Waals surface area (Å²) in [4.78, 5) is 44.6. The zero-order valence-corrected chi connectivity index (χ0v) is 24.1. The Morgan fingerprint density at radius 2 is 1.95 bits per heavy atom. The lowest BCUT2D eigenvalue weighted by Crippen LogP contribution is -2.54. The fourth-order valence-corrected chi connectivity index (χ4v) is 6.27. The van der Waals surface area contributed by atoms with E-state index in [-0.39, 0.29) is 46.2 Å². The van der Waals surface area contributed by atoms with Gasteiger partial charge in [0.2, 0.25) is 5.91 Å². The average molecular weight is 573 g/mol. The maximum Gasteiger partial charge on any atom is 0.355 e. The van der Waals surface area contributed by atoms with Crippen molar-refractivity contribution >= 4 is 34.4 Å². The van der Waals surface area contributed by atoms with E-state index in [1.807, 2.05) is 38.7 Å². The first-order chi connectivity index (χ1) is 19.6. The zero-order valence-electron chi connectivity index (χ0n) is 23.3. The van der Waals surface area contributed by atoms with Gasteiger partial charge in [-0.25, -0.2) is 18.7 Å². The molecule has 4 aromatic rings. The summed E-state index contributed by atoms with van der Waals surface area (Å²) in [5.74, 6) is -0.116. The molecule has 0 radical (unpaired) electrons. The number of hydrogen-bond donors (Lipinski definition) is 0. The molecule has 2 fully saturated rings. The van der Waals surface area contributed by atoms with Crippen LogP contribution < -0.4 is 10.6 Å². The topological polar surface area (TPSA) is 84.2 Å². The van der Waals surface area contributed by atoms with Gasteiger partial charge in [0, 0.05) is 24.3 Å². The first kappa shape index (κ1) is 27.1. The third-order valence-electron chi connectivity index (χ3n) is 7.97. The van der Waals surface area contributed by atoms with Gasteiger partial charge in [0.05, 0.1) is 39.6 Å². The van der Waals surface area contributed by atoms with Gasteiger partial charge in [-0.1, -0.05) is 44.2 Å². The van der Waals surface area contributed by atoms with Crippen LogP contribution >= 0.6 is 11.6 Å². The van der Waals surface area contributed by atoms with Crippen LogP contribution in [0.4, 0.5) is 10.2 Å². The summed E-state index contributed by atoms with van der Waals surface area (Å²) >= 11 is 6.79. The van der Waals surface area contributed by atoms with E-state index in [0.29, 0.717) is 29.1 Å². The largest absolute Gasteiger partial charge is 0.355 e. The van der Waals surface area contributed by atoms with E-state index in [9.17, 15) is 14.0 Å². The molecule has 6 rings (SSSR count). The van der Waals surface area contributed by atoms with E-state index < -0.39 is 11.5 Å². The number of carbonyl (C=O) groups is 1. The number of pyridine rings is 2. The molecular formula is C31H30ClFN6O2. The number of aromatic nitrogens is 4. The molecule has 1 saturated carbocycles. The van der Waals surface area contributed by atoms with Gasteiger partial charge < -0.3 is 9.80 Å². The molecule has 0 N–H and O–H groups in total. The minimum atomic E-state index is -0.519. The fraction of sp³-hybridized carbons (Fsp3) is 0.323. The predicted molar refractivity (Wildman–Crippen MR) is 158 cm³/mol. The normalized spacial score (nSPS) is 19.9. The lowest BCUT2D eigenvalue weighted by molar-refractivity contribution is -0.129. The molecule has 10 heteroatoms. The van der Waals surface area contributed by atoms with Gasteiger partial charge >= 0.3 is 5.69 Å². The van der Waals surface area contributed by atoms with Gasteiger partial charge in [-0.05, 0) is 62.1 Å². The minimum Gasteiger partial charge on any atom is -0.349 e. The minimum absolute atomic E-state index is 0.00207. The Bertz CT molecular complexity index is 1780. The van der Waals surface area contributed by atoms with Gasteiger partial charge in [0.25, 0.3) is 0 Å². The first-order valence-corrected chi connectivity index (χ1v) is 14.1. The van der Waals surface area contributed by atoms with E-state index >= 15 is 0 Å². The maximum atomic E-state index is 15.0. The van der Waals surface area contributed by atoms with Gasteiger partial charge in [-0.15, -0.1) is 0 Å². The monoisotopic (exact) mass is 572 g/mol. The molecule has 1 aliphatic heterocycles. The number of hydrogen-bond acceptors (Lipinski definition) is 6. The van der Waals surface area contributed by atoms with Crippen LogP contribution in [0, 0.1) is 12.7 Å². The number of carbonyl (C=O) groups excluding carboxylic acids is 1. The highest BCUT2D eigenvalue weighted by Crippen LogP contribution is 2.43. The van der Waals surface area contributed by atoms with Crippen molar-refractivity contribution in [2.45, 2.75) is 58.2 Å². The van der Waals surface area contributed by atoms with E-state index in [4.69, 9.17) is 16.6 Å². The second kappa shape index (κ2) is 10.1. The highest BCUT2D eigenvalue weighted by Gasteiger charge is 2.53. The van der Waals surface area contributed by atoms with E-state index in [1.165, 1.54) is 16.7 Å². The summed E-state index contributed by atoms with van der Waals surface area (Å²) in [6.45, 7) is 12.0. The van der Waals surface area contributed by atoms with Crippen molar-refractivity contribution in [1.29, 1.82) is 0 Å². The predicted octanol–water partition coefficient (Wildman–Crippen LogP) is 5.43. The number of rotatable bonds is 5. The second-order valence-corrected chi connectivity index (χ2v) is 11.5. The Labute approximate surface area is 242 Å². The molecule has 3 unspecified atom stereocenters. The van der Waals surface area contributed by atoms with Crippen LogP contribution in [-0.2, 0) is 4.79 Å². The van der Waals surface area contributed by atoms with Crippen molar-refractivity contribution in [3.05, 3.63) is 87.8 Å². The molecule has 1 aromatic carbocycles. The van der Waals surface area contributed by atoms with Gasteiger partial charge in [0.1, 0.15) is 11.6 Å². The summed E-state index contributed by atoms with van der Waals surface area (Å²) in [5.41, 5.74) is 2.41. The summed E-state index contributed by atoms with van der Waals surface area (Å²) in [7, 11) is 0. The molecule has 0 spiro atoms. The molecule has 41 heavy (non-hydrogen) atoms. The van der Waals surface area contributed by atoms with Crippen molar-refractivity contribution in [2.24, 2.45) is 0 Å². The number of amides is 1. The van der Waals surface area contributed by atoms with Crippen molar-refractivity contribution < 1.29 is 9.18 Å². The number of nitrogens with zero attached hydrogens (tertiary/aromatic N) is 6. The van der Waals surface area contributed by atoms with Crippen LogP contribution in [0.5, 0.6) is 0 Å². The zero-order chi connectivity index (χ0) is 29.2. The fourth-order valence-electron chi connectivity index (χ4n) is 6.02. The summed E-state index contributed by atoms with van der Waals surface area (Å²) in [5, 5.41) is 0.803. The number of piperazine rings is 1. The Morgan fingerprint density at radius 3 is 2.66 bits per heavy atom. The molecule has 3 aromatic heterocycles. The standard InChI is InChI=1S/C31H30ClFN6O2/c1-6-25(40)38-18(5)15-37(23-14-24(23)38)29-20-13-21(32)27(19-9-7-8-10-22(19)33)35-30(20)39(31(41)36-29)28-17(4)11-12-34-26(28)16(2)3/h6-13,16,18,23-24H,1,14-15H2,2-5H3. The average Bonchev–Trinajstić information content (AvgIpc) is 3.73. The first-order valence-electron chi connectivity index (χ1n) is 13.7. The number of halogens is 2. The highest BCUT2D eigenvalue weighted by molar-refractivity contribution is 6.33. The van der Waals surface area contributed by atoms with Gasteiger partial charge in [-0.2, -0.15) is 4.98 Å². The van der Waals surface area contributed by atoms with Crippen molar-refractivity contribution in [2.75, 3.05) is 11.4 Å². The molecule has 1 saturated heterocycles. The van der Waals surface area contributed by atoms with E-state index in [0.717, 1.165) is 17.7 Å². The van der Waals surface area contributed by atoms with E-state index in [2.05, 4.69) is 21.4 Å². The number of anilines is 1. The van der Waals surface area contributed by atoms with Gasteiger partial charge in [-0.3, -0.25) is 9.78 Å². The summed E-state index contributed by atoms with van der Waals surface area (Å²) < 4.78 is 16.4. The molecule has 1 aliphatic carbocycles. The highest BCUT2D eigenvalue weighted by atomic mass is 35.5. The molecule has 210 valence electrons. The number of aryl methyl sites for hydroxylation is 1. The van der Waals surface area contributed by atoms with Crippen LogP contribution in [0.3, 0.4) is 0 Å². The van der Waals surface area contributed by atoms with E-state index in [1.54, 1.807) is 30.5 Å². The summed E-state index contributed by atoms with van der Waals surface area (Å²) in [6.07, 6.45) is 3.81. The smallest absolute Gasteiger partial charge is 0.349 e. The molecule has 3 atom stereocenters. The lowest BCUT2D eigenvalue weighted by atomic mass is 10.0. The Morgan fingerprint density at radius 1 is 1.20 bits per heavy atom. The Hall–Kier alpha value is -4.11. The molecule has 1 amide bonds. The van der Waals surface area contributed by atoms with Crippen LogP contribution in [-0.4, -0.2) is 55.0 Å². The number of fused-ring (bicyclic) bond motifs is 2. The lowest BCUT2D eigenvalue weighted by Gasteiger charge is -2.39. The van der Waals surface area contributed by atoms with Crippen LogP contribution in [0.25, 0.3) is 28.0 Å². The van der Waals surface area contributed by atoms with Crippen molar-refractivity contribution in [1.82, 2.24) is 24.4 Å². The quantitative estimate of drug-likeness (QED) is 0.297. The van der Waals surface area contributed by atoms with Crippen LogP contribution in [0.1, 0.15) is 44.4 Å². The molecule has 4 heterocycles. The van der Waals surface area contributed by atoms with Crippen molar-refractivity contribution in [3.8, 4) is 16.9 Å². The molecule has 2 aliphatic rings. The molecule has 0 bridgehead atoms.